The summed E-state index contributed by atoms with van der Waals surface area (Å²) in [5, 5.41) is 8.48. The monoisotopic (exact) mass is 220 g/mol. The van der Waals surface area contributed by atoms with Crippen molar-refractivity contribution in [1.29, 1.82) is 0 Å². The van der Waals surface area contributed by atoms with E-state index in [9.17, 15) is 0 Å². The van der Waals surface area contributed by atoms with Crippen LogP contribution >= 0.6 is 0 Å². The van der Waals surface area contributed by atoms with E-state index in [0.29, 0.717) is 6.61 Å². The SMILES string of the molecule is OCCOCCC[SiH]1CCCO[SiH2]1. The Morgan fingerprint density at radius 1 is 1.46 bits per heavy atom. The van der Waals surface area contributed by atoms with E-state index in [-0.39, 0.29) is 15.9 Å². The van der Waals surface area contributed by atoms with Crippen LogP contribution in [-0.4, -0.2) is 49.1 Å². The van der Waals surface area contributed by atoms with E-state index >= 15 is 0 Å². The molecule has 1 aliphatic heterocycles. The van der Waals surface area contributed by atoms with Crippen LogP contribution in [-0.2, 0) is 9.16 Å². The lowest BCUT2D eigenvalue weighted by Crippen LogP contribution is -2.30. The summed E-state index contributed by atoms with van der Waals surface area (Å²) in [7, 11) is -0.487. The average Bonchev–Trinajstić information content (AvgIpc) is 2.19. The third kappa shape index (κ3) is 5.59. The maximum absolute atomic E-state index is 8.48. The van der Waals surface area contributed by atoms with Gasteiger partial charge in [-0.05, 0) is 12.8 Å². The highest BCUT2D eigenvalue weighted by Crippen LogP contribution is 2.10. The van der Waals surface area contributed by atoms with Gasteiger partial charge >= 0.3 is 0 Å². The van der Waals surface area contributed by atoms with Gasteiger partial charge in [-0.1, -0.05) is 12.1 Å². The fourth-order valence-electron chi connectivity index (χ4n) is 1.68. The van der Waals surface area contributed by atoms with Gasteiger partial charge in [-0.3, -0.25) is 0 Å². The molecule has 1 fully saturated rings. The second kappa shape index (κ2) is 7.69. The number of aliphatic hydroxyl groups is 1. The van der Waals surface area contributed by atoms with Crippen molar-refractivity contribution in [2.75, 3.05) is 26.4 Å². The minimum Gasteiger partial charge on any atom is -0.428 e. The van der Waals surface area contributed by atoms with E-state index in [4.69, 9.17) is 14.3 Å². The number of aliphatic hydroxyl groups excluding tert-OH is 1. The summed E-state index contributed by atoms with van der Waals surface area (Å²) in [6.07, 6.45) is 2.49. The predicted molar refractivity (Wildman–Crippen MR) is 58.4 cm³/mol. The Labute approximate surface area is 83.8 Å². The molecular weight excluding hydrogens is 200 g/mol. The molecule has 5 heteroatoms. The topological polar surface area (TPSA) is 38.7 Å². The highest BCUT2D eigenvalue weighted by atomic mass is 29.2. The van der Waals surface area contributed by atoms with Gasteiger partial charge in [-0.2, -0.15) is 0 Å². The zero-order valence-corrected chi connectivity index (χ0v) is 10.8. The summed E-state index contributed by atoms with van der Waals surface area (Å²) in [5.74, 6) is 0. The van der Waals surface area contributed by atoms with Gasteiger partial charge in [-0.15, -0.1) is 0 Å². The molecule has 0 spiro atoms. The van der Waals surface area contributed by atoms with Crippen molar-refractivity contribution >= 4 is 17.6 Å². The fourth-order valence-corrected chi connectivity index (χ4v) is 8.72. The molecular formula is C8H20O3Si2. The highest BCUT2D eigenvalue weighted by molar-refractivity contribution is 7.10. The van der Waals surface area contributed by atoms with Crippen LogP contribution in [0.2, 0.25) is 12.1 Å². The largest absolute Gasteiger partial charge is 0.428 e. The van der Waals surface area contributed by atoms with Crippen LogP contribution in [0.4, 0.5) is 0 Å². The molecule has 0 aromatic carbocycles. The molecule has 1 unspecified atom stereocenters. The molecule has 1 N–H and O–H groups in total. The average molecular weight is 220 g/mol. The van der Waals surface area contributed by atoms with Crippen molar-refractivity contribution < 1.29 is 14.3 Å². The summed E-state index contributed by atoms with van der Waals surface area (Å²) < 4.78 is 10.8. The van der Waals surface area contributed by atoms with Crippen molar-refractivity contribution in [3.63, 3.8) is 0 Å². The first-order chi connectivity index (χ1) is 6.43. The van der Waals surface area contributed by atoms with Crippen LogP contribution < -0.4 is 0 Å². The highest BCUT2D eigenvalue weighted by Gasteiger charge is 2.15. The van der Waals surface area contributed by atoms with Gasteiger partial charge in [0.15, 0.2) is 0 Å². The lowest BCUT2D eigenvalue weighted by molar-refractivity contribution is 0.0927. The summed E-state index contributed by atoms with van der Waals surface area (Å²) in [6, 6.07) is 2.91. The Morgan fingerprint density at radius 3 is 3.08 bits per heavy atom. The van der Waals surface area contributed by atoms with Crippen LogP contribution in [0.25, 0.3) is 0 Å². The van der Waals surface area contributed by atoms with Gasteiger partial charge in [0.25, 0.3) is 0 Å². The molecule has 0 radical (unpaired) electrons. The second-order valence-electron chi connectivity index (χ2n) is 3.56. The van der Waals surface area contributed by atoms with Crippen LogP contribution in [0.15, 0.2) is 0 Å². The molecule has 0 saturated carbocycles. The second-order valence-corrected chi connectivity index (χ2v) is 11.7. The van der Waals surface area contributed by atoms with Crippen LogP contribution in [0, 0.1) is 0 Å². The first kappa shape index (κ1) is 11.4. The van der Waals surface area contributed by atoms with Gasteiger partial charge in [0.2, 0.25) is 0 Å². The molecule has 0 bridgehead atoms. The third-order valence-electron chi connectivity index (χ3n) is 2.39. The lowest BCUT2D eigenvalue weighted by atomic mass is 10.5. The lowest BCUT2D eigenvalue weighted by Gasteiger charge is -2.19. The summed E-state index contributed by atoms with van der Waals surface area (Å²) in [5.41, 5.74) is 0. The zero-order chi connectivity index (χ0) is 9.36. The molecule has 78 valence electrons. The number of hydrogen-bond acceptors (Lipinski definition) is 3. The van der Waals surface area contributed by atoms with E-state index in [2.05, 4.69) is 0 Å². The first-order valence-electron chi connectivity index (χ1n) is 5.20. The molecule has 1 aliphatic rings. The molecule has 1 atom stereocenters. The Kier molecular flexibility index (Phi) is 6.74. The molecule has 1 heterocycles. The maximum Gasteiger partial charge on any atom is 0.147 e. The van der Waals surface area contributed by atoms with E-state index < -0.39 is 8.31 Å². The summed E-state index contributed by atoms with van der Waals surface area (Å²) in [6.45, 7) is 2.52. The summed E-state index contributed by atoms with van der Waals surface area (Å²) >= 11 is 0. The smallest absolute Gasteiger partial charge is 0.147 e. The molecule has 13 heavy (non-hydrogen) atoms. The standard InChI is InChI=1S/C8H20O3Si2/c9-3-6-10-4-1-7-13-8-2-5-11-12-13/h9,13H,1-8,12H2. The normalized spacial score (nSPS) is 25.2. The predicted octanol–water partition coefficient (Wildman–Crippen LogP) is -0.387. The number of ether oxygens (including phenoxy) is 1. The Bertz CT molecular complexity index is 118. The van der Waals surface area contributed by atoms with Crippen molar-refractivity contribution in [3.05, 3.63) is 0 Å². The minimum absolute atomic E-state index is 0.0830. The minimum atomic E-state index is -0.404. The number of hydrogen-bond donors (Lipinski definition) is 1. The van der Waals surface area contributed by atoms with Crippen molar-refractivity contribution in [3.8, 4) is 0 Å². The fraction of sp³-hybridized carbons (Fsp3) is 1.00. The molecule has 0 aliphatic carbocycles. The van der Waals surface area contributed by atoms with Gasteiger partial charge in [-0.25, -0.2) is 0 Å². The Balaban J connectivity index is 1.86. The van der Waals surface area contributed by atoms with Gasteiger partial charge in [0.05, 0.1) is 21.5 Å². The Hall–Kier alpha value is 0.314. The maximum atomic E-state index is 8.48. The molecule has 0 aromatic rings. The zero-order valence-electron chi connectivity index (χ0n) is 8.21. The van der Waals surface area contributed by atoms with E-state index in [1.165, 1.54) is 24.9 Å². The van der Waals surface area contributed by atoms with Crippen molar-refractivity contribution in [2.24, 2.45) is 0 Å². The van der Waals surface area contributed by atoms with Gasteiger partial charge in [0, 0.05) is 13.2 Å². The third-order valence-corrected chi connectivity index (χ3v) is 10.4. The van der Waals surface area contributed by atoms with Crippen LogP contribution in [0.1, 0.15) is 12.8 Å². The molecule has 1 saturated heterocycles. The molecule has 0 aromatic heterocycles. The first-order valence-corrected chi connectivity index (χ1v) is 10.7. The van der Waals surface area contributed by atoms with E-state index in [1.807, 2.05) is 0 Å². The van der Waals surface area contributed by atoms with Crippen molar-refractivity contribution in [1.82, 2.24) is 0 Å². The van der Waals surface area contributed by atoms with Crippen molar-refractivity contribution in [2.45, 2.75) is 24.9 Å². The van der Waals surface area contributed by atoms with Gasteiger partial charge in [0.1, 0.15) is 9.28 Å². The molecule has 0 amide bonds. The molecule has 1 rings (SSSR count). The van der Waals surface area contributed by atoms with Crippen LogP contribution in [0.3, 0.4) is 0 Å². The van der Waals surface area contributed by atoms with Gasteiger partial charge < -0.3 is 14.3 Å². The van der Waals surface area contributed by atoms with E-state index in [1.54, 1.807) is 0 Å². The summed E-state index contributed by atoms with van der Waals surface area (Å²) in [4.78, 5) is 0. The number of rotatable bonds is 6. The van der Waals surface area contributed by atoms with E-state index in [0.717, 1.165) is 13.2 Å². The quantitative estimate of drug-likeness (QED) is 0.490. The van der Waals surface area contributed by atoms with Crippen LogP contribution in [0.5, 0.6) is 0 Å². The Morgan fingerprint density at radius 2 is 2.38 bits per heavy atom. The molecule has 3 nitrogen and oxygen atoms in total.